The molecule has 2 heterocycles. The van der Waals surface area contributed by atoms with E-state index in [0.717, 1.165) is 49.8 Å². The van der Waals surface area contributed by atoms with Crippen molar-refractivity contribution in [2.45, 2.75) is 0 Å². The van der Waals surface area contributed by atoms with Crippen LogP contribution < -0.4 is 0 Å². The highest BCUT2D eigenvalue weighted by Gasteiger charge is 2.16. The summed E-state index contributed by atoms with van der Waals surface area (Å²) in [5.74, 6) is 1.88. The molecule has 0 saturated carbocycles. The monoisotopic (exact) mass is 509 g/mol. The number of benzene rings is 5. The lowest BCUT2D eigenvalue weighted by Gasteiger charge is -2.10. The number of hydrogen-bond acceptors (Lipinski definition) is 4. The van der Waals surface area contributed by atoms with Crippen LogP contribution in [0.2, 0.25) is 5.02 Å². The van der Waals surface area contributed by atoms with E-state index in [-0.39, 0.29) is 0 Å². The van der Waals surface area contributed by atoms with E-state index in [1.165, 1.54) is 0 Å². The number of aromatic nitrogens is 3. The smallest absolute Gasteiger partial charge is 0.164 e. The highest BCUT2D eigenvalue weighted by molar-refractivity contribution is 6.38. The van der Waals surface area contributed by atoms with Gasteiger partial charge in [0, 0.05) is 27.5 Å². The third-order valence-corrected chi connectivity index (χ3v) is 6.92. The summed E-state index contributed by atoms with van der Waals surface area (Å²) < 4.78 is 6.12. The Balaban J connectivity index is 1.42. The first kappa shape index (κ1) is 22.4. The Bertz CT molecular complexity index is 1870. The molecule has 0 fully saturated rings. The summed E-state index contributed by atoms with van der Waals surface area (Å²) in [5, 5.41) is 2.58. The maximum absolute atomic E-state index is 6.63. The van der Waals surface area contributed by atoms with Gasteiger partial charge in [0.1, 0.15) is 11.2 Å². The van der Waals surface area contributed by atoms with Crippen molar-refractivity contribution < 1.29 is 4.42 Å². The van der Waals surface area contributed by atoms with Gasteiger partial charge in [-0.1, -0.05) is 109 Å². The fourth-order valence-corrected chi connectivity index (χ4v) is 5.09. The molecule has 0 saturated heterocycles. The van der Waals surface area contributed by atoms with E-state index in [1.54, 1.807) is 0 Å². The van der Waals surface area contributed by atoms with Crippen molar-refractivity contribution in [3.63, 3.8) is 0 Å². The summed E-state index contributed by atoms with van der Waals surface area (Å²) in [6.07, 6.45) is 0. The van der Waals surface area contributed by atoms with Gasteiger partial charge in [-0.05, 0) is 35.4 Å². The first-order chi connectivity index (χ1) is 18.7. The van der Waals surface area contributed by atoms with Gasteiger partial charge < -0.3 is 4.42 Å². The molecular formula is C33H20ClN3O. The summed E-state index contributed by atoms with van der Waals surface area (Å²) in [6.45, 7) is 0. The van der Waals surface area contributed by atoms with Crippen LogP contribution in [0, 0.1) is 0 Å². The topological polar surface area (TPSA) is 51.8 Å². The second-order valence-corrected chi connectivity index (χ2v) is 9.42. The van der Waals surface area contributed by atoms with Crippen LogP contribution in [0.4, 0.5) is 0 Å². The van der Waals surface area contributed by atoms with Crippen LogP contribution in [-0.4, -0.2) is 15.0 Å². The van der Waals surface area contributed by atoms with Crippen molar-refractivity contribution in [1.29, 1.82) is 0 Å². The molecule has 180 valence electrons. The average molecular weight is 510 g/mol. The van der Waals surface area contributed by atoms with Gasteiger partial charge in [0.25, 0.3) is 0 Å². The molecule has 0 spiro atoms. The molecule has 0 aliphatic heterocycles. The predicted molar refractivity (Wildman–Crippen MR) is 154 cm³/mol. The molecule has 0 unspecified atom stereocenters. The minimum absolute atomic E-state index is 0.613. The van der Waals surface area contributed by atoms with Crippen molar-refractivity contribution in [2.24, 2.45) is 0 Å². The van der Waals surface area contributed by atoms with Crippen LogP contribution in [0.3, 0.4) is 0 Å². The summed E-state index contributed by atoms with van der Waals surface area (Å²) in [5.41, 5.74) is 6.41. The van der Waals surface area contributed by atoms with Crippen molar-refractivity contribution in [2.75, 3.05) is 0 Å². The van der Waals surface area contributed by atoms with Gasteiger partial charge in [0.15, 0.2) is 17.5 Å². The highest BCUT2D eigenvalue weighted by atomic mass is 35.5. The maximum Gasteiger partial charge on any atom is 0.164 e. The number of furan rings is 1. The molecule has 2 aromatic heterocycles. The Morgan fingerprint density at radius 2 is 0.947 bits per heavy atom. The van der Waals surface area contributed by atoms with E-state index in [1.807, 2.05) is 103 Å². The van der Waals surface area contributed by atoms with Gasteiger partial charge in [0.05, 0.1) is 5.02 Å². The van der Waals surface area contributed by atoms with Gasteiger partial charge in [-0.15, -0.1) is 0 Å². The van der Waals surface area contributed by atoms with Crippen LogP contribution >= 0.6 is 11.6 Å². The van der Waals surface area contributed by atoms with E-state index in [4.69, 9.17) is 31.0 Å². The number of halogens is 1. The largest absolute Gasteiger partial charge is 0.456 e. The average Bonchev–Trinajstić information content (AvgIpc) is 3.38. The number of rotatable bonds is 4. The molecule has 0 amide bonds. The number of nitrogens with zero attached hydrogens (tertiary/aromatic N) is 3. The van der Waals surface area contributed by atoms with Crippen molar-refractivity contribution >= 4 is 33.5 Å². The zero-order valence-electron chi connectivity index (χ0n) is 20.2. The first-order valence-electron chi connectivity index (χ1n) is 12.3. The Labute approximate surface area is 224 Å². The Kier molecular flexibility index (Phi) is 5.46. The molecule has 0 N–H and O–H groups in total. The SMILES string of the molecule is Clc1cccc2oc3cccc(-c4cccc(-c5nc(-c6ccccc6)nc(-c6ccccc6)n5)c4)c3c12. The second kappa shape index (κ2) is 9.25. The van der Waals surface area contributed by atoms with E-state index < -0.39 is 0 Å². The zero-order valence-corrected chi connectivity index (χ0v) is 20.9. The predicted octanol–water partition coefficient (Wildman–Crippen LogP) is 9.09. The third kappa shape index (κ3) is 3.92. The van der Waals surface area contributed by atoms with E-state index in [9.17, 15) is 0 Å². The molecule has 5 aromatic carbocycles. The summed E-state index contributed by atoms with van der Waals surface area (Å²) in [4.78, 5) is 14.6. The zero-order chi connectivity index (χ0) is 25.5. The van der Waals surface area contributed by atoms with Gasteiger partial charge in [-0.3, -0.25) is 0 Å². The quantitative estimate of drug-likeness (QED) is 0.237. The molecule has 5 heteroatoms. The molecule has 0 atom stereocenters. The lowest BCUT2D eigenvalue weighted by Crippen LogP contribution is -2.00. The summed E-state index contributed by atoms with van der Waals surface area (Å²) in [7, 11) is 0. The molecular weight excluding hydrogens is 490 g/mol. The van der Waals surface area contributed by atoms with Crippen LogP contribution in [0.15, 0.2) is 126 Å². The standard InChI is InChI=1S/C33H20ClN3O/c34-26-17-9-19-28-30(26)29-25(16-8-18-27(29)38-28)23-14-7-15-24(20-23)33-36-31(21-10-3-1-4-11-21)35-32(37-33)22-12-5-2-6-13-22/h1-20H. The van der Waals surface area contributed by atoms with Crippen LogP contribution in [-0.2, 0) is 0 Å². The molecule has 7 rings (SSSR count). The fourth-order valence-electron chi connectivity index (χ4n) is 4.83. The minimum Gasteiger partial charge on any atom is -0.456 e. The molecule has 0 aliphatic carbocycles. The van der Waals surface area contributed by atoms with Crippen molar-refractivity contribution in [3.05, 3.63) is 126 Å². The van der Waals surface area contributed by atoms with Crippen LogP contribution in [0.25, 0.3) is 67.2 Å². The van der Waals surface area contributed by atoms with Gasteiger partial charge in [-0.2, -0.15) is 0 Å². The van der Waals surface area contributed by atoms with Crippen molar-refractivity contribution in [3.8, 4) is 45.3 Å². The Hall–Kier alpha value is -4.80. The summed E-state index contributed by atoms with van der Waals surface area (Å²) >= 11 is 6.63. The molecule has 0 aliphatic rings. The lowest BCUT2D eigenvalue weighted by atomic mass is 9.97. The minimum atomic E-state index is 0.613. The number of hydrogen-bond donors (Lipinski definition) is 0. The molecule has 0 radical (unpaired) electrons. The second-order valence-electron chi connectivity index (χ2n) is 9.01. The molecule has 38 heavy (non-hydrogen) atoms. The number of fused-ring (bicyclic) bond motifs is 3. The maximum atomic E-state index is 6.63. The molecule has 7 aromatic rings. The lowest BCUT2D eigenvalue weighted by molar-refractivity contribution is 0.669. The Morgan fingerprint density at radius 3 is 1.61 bits per heavy atom. The molecule has 4 nitrogen and oxygen atoms in total. The van der Waals surface area contributed by atoms with Crippen LogP contribution in [0.5, 0.6) is 0 Å². The van der Waals surface area contributed by atoms with Gasteiger partial charge in [-0.25, -0.2) is 15.0 Å². The van der Waals surface area contributed by atoms with Gasteiger partial charge in [0.2, 0.25) is 0 Å². The van der Waals surface area contributed by atoms with Gasteiger partial charge >= 0.3 is 0 Å². The highest BCUT2D eigenvalue weighted by Crippen LogP contribution is 2.40. The van der Waals surface area contributed by atoms with Crippen molar-refractivity contribution in [1.82, 2.24) is 15.0 Å². The Morgan fingerprint density at radius 1 is 0.447 bits per heavy atom. The van der Waals surface area contributed by atoms with Crippen LogP contribution in [0.1, 0.15) is 0 Å². The fraction of sp³-hybridized carbons (Fsp3) is 0. The van der Waals surface area contributed by atoms with E-state index >= 15 is 0 Å². The third-order valence-electron chi connectivity index (χ3n) is 6.60. The summed E-state index contributed by atoms with van der Waals surface area (Å²) in [6, 6.07) is 40.1. The normalized spacial score (nSPS) is 11.3. The first-order valence-corrected chi connectivity index (χ1v) is 12.7. The molecule has 0 bridgehead atoms. The van der Waals surface area contributed by atoms with E-state index in [0.29, 0.717) is 22.5 Å². The van der Waals surface area contributed by atoms with E-state index in [2.05, 4.69) is 18.2 Å².